The van der Waals surface area contributed by atoms with Crippen LogP contribution in [0.15, 0.2) is 47.4 Å². The number of halogens is 2. The van der Waals surface area contributed by atoms with Crippen molar-refractivity contribution in [3.8, 4) is 0 Å². The molecule has 2 rings (SSSR count). The lowest BCUT2D eigenvalue weighted by Crippen LogP contribution is -2.30. The third kappa shape index (κ3) is 4.52. The van der Waals surface area contributed by atoms with E-state index < -0.39 is 10.0 Å². The van der Waals surface area contributed by atoms with Gasteiger partial charge in [0.25, 0.3) is 5.91 Å². The van der Waals surface area contributed by atoms with Gasteiger partial charge in [-0.05, 0) is 52.9 Å². The van der Waals surface area contributed by atoms with Crippen molar-refractivity contribution in [2.45, 2.75) is 18.7 Å². The number of benzene rings is 2. The molecule has 0 unspecified atom stereocenters. The van der Waals surface area contributed by atoms with Crippen LogP contribution in [0.1, 0.15) is 24.2 Å². The van der Waals surface area contributed by atoms with Crippen LogP contribution >= 0.6 is 34.2 Å². The lowest BCUT2D eigenvalue weighted by molar-refractivity contribution is 0.102. The molecule has 0 bridgehead atoms. The first kappa shape index (κ1) is 20.2. The fourth-order valence-corrected chi connectivity index (χ4v) is 4.92. The van der Waals surface area contributed by atoms with Crippen molar-refractivity contribution in [3.63, 3.8) is 0 Å². The Bertz CT molecular complexity index is 883. The summed E-state index contributed by atoms with van der Waals surface area (Å²) < 4.78 is 27.5. The lowest BCUT2D eigenvalue weighted by atomic mass is 10.2. The molecule has 5 nitrogen and oxygen atoms in total. The van der Waals surface area contributed by atoms with E-state index in [1.165, 1.54) is 16.4 Å². The number of sulfonamides is 1. The van der Waals surface area contributed by atoms with E-state index in [0.29, 0.717) is 24.3 Å². The van der Waals surface area contributed by atoms with Crippen LogP contribution in [0.5, 0.6) is 0 Å². The minimum atomic E-state index is -3.71. The number of rotatable bonds is 6. The number of hydrogen-bond acceptors (Lipinski definition) is 3. The number of carbonyl (C=O) groups is 1. The van der Waals surface area contributed by atoms with Gasteiger partial charge in [0.05, 0.1) is 10.6 Å². The molecule has 1 amide bonds. The van der Waals surface area contributed by atoms with Gasteiger partial charge in [-0.1, -0.05) is 37.6 Å². The van der Waals surface area contributed by atoms with Crippen LogP contribution in [0.2, 0.25) is 5.02 Å². The van der Waals surface area contributed by atoms with Crippen molar-refractivity contribution in [1.29, 1.82) is 0 Å². The Morgan fingerprint density at radius 2 is 1.80 bits per heavy atom. The van der Waals surface area contributed by atoms with Gasteiger partial charge in [-0.2, -0.15) is 4.31 Å². The van der Waals surface area contributed by atoms with Gasteiger partial charge >= 0.3 is 0 Å². The first-order valence-corrected chi connectivity index (χ1v) is 10.6. The minimum Gasteiger partial charge on any atom is -0.322 e. The molecule has 0 aliphatic heterocycles. The number of hydrogen-bond donors (Lipinski definition) is 1. The number of anilines is 1. The van der Waals surface area contributed by atoms with Crippen LogP contribution in [-0.4, -0.2) is 31.7 Å². The van der Waals surface area contributed by atoms with Crippen LogP contribution in [0.3, 0.4) is 0 Å². The SMILES string of the molecule is CCN(CC)S(=O)(=O)c1cc(NC(=O)c2ccccc2I)ccc1Cl. The summed E-state index contributed by atoms with van der Waals surface area (Å²) in [6.45, 7) is 4.21. The van der Waals surface area contributed by atoms with Gasteiger partial charge in [0.1, 0.15) is 4.90 Å². The van der Waals surface area contributed by atoms with Crippen molar-refractivity contribution >= 4 is 55.8 Å². The summed E-state index contributed by atoms with van der Waals surface area (Å²) in [6.07, 6.45) is 0. The van der Waals surface area contributed by atoms with Crippen LogP contribution in [0.25, 0.3) is 0 Å². The predicted molar refractivity (Wildman–Crippen MR) is 109 cm³/mol. The van der Waals surface area contributed by atoms with E-state index in [0.717, 1.165) is 3.57 Å². The summed E-state index contributed by atoms with van der Waals surface area (Å²) in [4.78, 5) is 12.4. The molecular weight excluding hydrogens is 475 g/mol. The van der Waals surface area contributed by atoms with E-state index in [1.54, 1.807) is 32.0 Å². The Balaban J connectivity index is 2.37. The molecular formula is C17H18ClIN2O3S. The lowest BCUT2D eigenvalue weighted by Gasteiger charge is -2.19. The van der Waals surface area contributed by atoms with Crippen LogP contribution in [0.4, 0.5) is 5.69 Å². The van der Waals surface area contributed by atoms with Gasteiger partial charge < -0.3 is 5.32 Å². The second-order valence-electron chi connectivity index (χ2n) is 5.17. The molecule has 1 N–H and O–H groups in total. The van der Waals surface area contributed by atoms with Crippen LogP contribution in [-0.2, 0) is 10.0 Å². The fourth-order valence-electron chi connectivity index (χ4n) is 2.33. The molecule has 2 aromatic rings. The second kappa shape index (κ2) is 8.48. The fraction of sp³-hybridized carbons (Fsp3) is 0.235. The molecule has 0 aromatic heterocycles. The molecule has 0 spiro atoms. The highest BCUT2D eigenvalue weighted by Crippen LogP contribution is 2.28. The van der Waals surface area contributed by atoms with Gasteiger partial charge in [0.2, 0.25) is 10.0 Å². The average Bonchev–Trinajstić information content (AvgIpc) is 2.57. The second-order valence-corrected chi connectivity index (χ2v) is 8.64. The molecule has 0 saturated carbocycles. The van der Waals surface area contributed by atoms with E-state index in [9.17, 15) is 13.2 Å². The van der Waals surface area contributed by atoms with Gasteiger partial charge in [0.15, 0.2) is 0 Å². The standard InChI is InChI=1S/C17H18ClIN2O3S/c1-3-21(4-2)25(23,24)16-11-12(9-10-14(16)18)20-17(22)13-7-5-6-8-15(13)19/h5-11H,3-4H2,1-2H3,(H,20,22). The van der Waals surface area contributed by atoms with E-state index >= 15 is 0 Å². The Morgan fingerprint density at radius 3 is 2.40 bits per heavy atom. The molecule has 134 valence electrons. The number of nitrogens with zero attached hydrogens (tertiary/aromatic N) is 1. The molecule has 0 aliphatic carbocycles. The van der Waals surface area contributed by atoms with E-state index in [2.05, 4.69) is 27.9 Å². The predicted octanol–water partition coefficient (Wildman–Crippen LogP) is 4.23. The highest BCUT2D eigenvalue weighted by atomic mass is 127. The normalized spacial score (nSPS) is 11.6. The van der Waals surface area contributed by atoms with E-state index in [4.69, 9.17) is 11.6 Å². The number of carbonyl (C=O) groups excluding carboxylic acids is 1. The zero-order valence-electron chi connectivity index (χ0n) is 13.8. The molecule has 0 fully saturated rings. The molecule has 0 atom stereocenters. The zero-order valence-corrected chi connectivity index (χ0v) is 17.5. The summed E-state index contributed by atoms with van der Waals surface area (Å²) in [6, 6.07) is 11.6. The minimum absolute atomic E-state index is 0.0153. The van der Waals surface area contributed by atoms with E-state index in [-0.39, 0.29) is 15.8 Å². The smallest absolute Gasteiger partial charge is 0.256 e. The molecule has 0 aliphatic rings. The highest BCUT2D eigenvalue weighted by Gasteiger charge is 2.25. The average molecular weight is 493 g/mol. The maximum atomic E-state index is 12.7. The van der Waals surface area contributed by atoms with Gasteiger partial charge in [-0.15, -0.1) is 0 Å². The van der Waals surface area contributed by atoms with E-state index in [1.807, 2.05) is 12.1 Å². The Kier molecular flexibility index (Phi) is 6.84. The summed E-state index contributed by atoms with van der Waals surface area (Å²) in [7, 11) is -3.71. The zero-order chi connectivity index (χ0) is 18.6. The Hall–Kier alpha value is -1.16. The molecule has 0 radical (unpaired) electrons. The molecule has 25 heavy (non-hydrogen) atoms. The number of nitrogens with one attached hydrogen (secondary N) is 1. The summed E-state index contributed by atoms with van der Waals surface area (Å²) >= 11 is 8.18. The summed E-state index contributed by atoms with van der Waals surface area (Å²) in [5.41, 5.74) is 0.894. The van der Waals surface area contributed by atoms with Gasteiger partial charge in [0, 0.05) is 22.3 Å². The Labute approximate surface area is 166 Å². The third-order valence-electron chi connectivity index (χ3n) is 3.63. The quantitative estimate of drug-likeness (QED) is 0.614. The molecule has 2 aromatic carbocycles. The van der Waals surface area contributed by atoms with Crippen molar-refractivity contribution in [2.24, 2.45) is 0 Å². The number of amides is 1. The van der Waals surface area contributed by atoms with Crippen molar-refractivity contribution < 1.29 is 13.2 Å². The Morgan fingerprint density at radius 1 is 1.16 bits per heavy atom. The van der Waals surface area contributed by atoms with Gasteiger partial charge in [-0.3, -0.25) is 4.79 Å². The maximum absolute atomic E-state index is 12.7. The van der Waals surface area contributed by atoms with Crippen molar-refractivity contribution in [3.05, 3.63) is 56.6 Å². The monoisotopic (exact) mass is 492 g/mol. The summed E-state index contributed by atoms with van der Waals surface area (Å²) in [5.74, 6) is -0.307. The summed E-state index contributed by atoms with van der Waals surface area (Å²) in [5, 5.41) is 2.85. The largest absolute Gasteiger partial charge is 0.322 e. The maximum Gasteiger partial charge on any atom is 0.256 e. The highest BCUT2D eigenvalue weighted by molar-refractivity contribution is 14.1. The topological polar surface area (TPSA) is 66.5 Å². The van der Waals surface area contributed by atoms with Crippen LogP contribution in [0, 0.1) is 3.57 Å². The van der Waals surface area contributed by atoms with Crippen molar-refractivity contribution in [2.75, 3.05) is 18.4 Å². The third-order valence-corrected chi connectivity index (χ3v) is 7.10. The molecule has 0 saturated heterocycles. The first-order valence-electron chi connectivity index (χ1n) is 7.66. The van der Waals surface area contributed by atoms with Crippen molar-refractivity contribution in [1.82, 2.24) is 4.31 Å². The molecule has 0 heterocycles. The molecule has 8 heteroatoms. The first-order chi connectivity index (χ1) is 11.8. The van der Waals surface area contributed by atoms with Gasteiger partial charge in [-0.25, -0.2) is 8.42 Å². The van der Waals surface area contributed by atoms with Crippen LogP contribution < -0.4 is 5.32 Å².